The molecule has 0 bridgehead atoms. The molecule has 2 atom stereocenters. The number of halogens is 2. The Balaban J connectivity index is 1.88. The molecule has 1 N–H and O–H groups in total. The lowest BCUT2D eigenvalue weighted by atomic mass is 9.98. The summed E-state index contributed by atoms with van der Waals surface area (Å²) in [4.78, 5) is 17.2. The zero-order valence-corrected chi connectivity index (χ0v) is 16.5. The van der Waals surface area contributed by atoms with Gasteiger partial charge in [-0.2, -0.15) is 4.98 Å². The molecule has 0 aliphatic carbocycles. The topological polar surface area (TPSA) is 68.0 Å². The molecule has 27 heavy (non-hydrogen) atoms. The van der Waals surface area contributed by atoms with Gasteiger partial charge >= 0.3 is 0 Å². The van der Waals surface area contributed by atoms with Gasteiger partial charge in [-0.25, -0.2) is 0 Å². The van der Waals surface area contributed by atoms with Crippen molar-refractivity contribution in [3.63, 3.8) is 0 Å². The Kier molecular flexibility index (Phi) is 6.14. The molecule has 0 fully saturated rings. The third kappa shape index (κ3) is 4.49. The summed E-state index contributed by atoms with van der Waals surface area (Å²) < 4.78 is 5.46. The molecule has 5 nitrogen and oxygen atoms in total. The largest absolute Gasteiger partial charge is 0.340 e. The minimum atomic E-state index is -0.431. The second kappa shape index (κ2) is 8.55. The quantitative estimate of drug-likeness (QED) is 0.584. The van der Waals surface area contributed by atoms with Gasteiger partial charge in [-0.3, -0.25) is 4.79 Å². The predicted octanol–water partition coefficient (Wildman–Crippen LogP) is 5.56. The number of nitrogens with zero attached hydrogens (tertiary/aromatic N) is 2. The highest BCUT2D eigenvalue weighted by Gasteiger charge is 2.27. The van der Waals surface area contributed by atoms with Crippen molar-refractivity contribution in [3.05, 3.63) is 70.0 Å². The number of rotatable bonds is 6. The number of hydrogen-bond donors (Lipinski definition) is 1. The molecule has 0 unspecified atom stereocenters. The van der Waals surface area contributed by atoms with Crippen LogP contribution in [-0.2, 0) is 0 Å². The Morgan fingerprint density at radius 1 is 1.19 bits per heavy atom. The van der Waals surface area contributed by atoms with Crippen LogP contribution < -0.4 is 5.32 Å². The molecule has 2 aromatic carbocycles. The van der Waals surface area contributed by atoms with Crippen molar-refractivity contribution < 1.29 is 9.32 Å². The summed E-state index contributed by atoms with van der Waals surface area (Å²) in [5.74, 6) is 0.574. The molecule has 0 aliphatic heterocycles. The lowest BCUT2D eigenvalue weighted by Gasteiger charge is -2.21. The van der Waals surface area contributed by atoms with Crippen LogP contribution in [0, 0.1) is 5.92 Å². The highest BCUT2D eigenvalue weighted by molar-refractivity contribution is 6.33. The van der Waals surface area contributed by atoms with Crippen molar-refractivity contribution in [1.82, 2.24) is 15.5 Å². The highest BCUT2D eigenvalue weighted by Crippen LogP contribution is 2.27. The van der Waals surface area contributed by atoms with Crippen LogP contribution in [0.25, 0.3) is 11.4 Å². The van der Waals surface area contributed by atoms with Gasteiger partial charge in [0.1, 0.15) is 6.04 Å². The van der Waals surface area contributed by atoms with Crippen molar-refractivity contribution >= 4 is 29.1 Å². The number of aromatic nitrogens is 2. The standard InChI is InChI=1S/C20H19Cl2N3O2/c1-3-12(2)17(23-19(26)15-9-4-5-10-16(15)22)20-24-18(25-27-20)13-7-6-8-14(21)11-13/h4-12,17H,3H2,1-2H3,(H,23,26)/t12-,17+/m1/s1. The van der Waals surface area contributed by atoms with E-state index >= 15 is 0 Å². The number of hydrogen-bond acceptors (Lipinski definition) is 4. The minimum Gasteiger partial charge on any atom is -0.340 e. The summed E-state index contributed by atoms with van der Waals surface area (Å²) in [6.45, 7) is 4.05. The van der Waals surface area contributed by atoms with Gasteiger partial charge in [-0.05, 0) is 30.2 Å². The number of carbonyl (C=O) groups is 1. The van der Waals surface area contributed by atoms with E-state index in [1.165, 1.54) is 0 Å². The van der Waals surface area contributed by atoms with Crippen molar-refractivity contribution in [3.8, 4) is 11.4 Å². The summed E-state index contributed by atoms with van der Waals surface area (Å²) >= 11 is 12.2. The number of benzene rings is 2. The first-order valence-corrected chi connectivity index (χ1v) is 9.40. The Morgan fingerprint density at radius 3 is 2.67 bits per heavy atom. The molecule has 0 saturated carbocycles. The van der Waals surface area contributed by atoms with Crippen LogP contribution in [0.4, 0.5) is 0 Å². The molecule has 1 heterocycles. The lowest BCUT2D eigenvalue weighted by Crippen LogP contribution is -2.33. The van der Waals surface area contributed by atoms with Gasteiger partial charge in [-0.1, -0.05) is 72.9 Å². The van der Waals surface area contributed by atoms with Gasteiger partial charge in [0, 0.05) is 10.6 Å². The van der Waals surface area contributed by atoms with E-state index in [1.807, 2.05) is 26.0 Å². The summed E-state index contributed by atoms with van der Waals surface area (Å²) in [5.41, 5.74) is 1.15. The van der Waals surface area contributed by atoms with Gasteiger partial charge in [0.25, 0.3) is 5.91 Å². The van der Waals surface area contributed by atoms with E-state index in [1.54, 1.807) is 36.4 Å². The van der Waals surface area contributed by atoms with Crippen LogP contribution in [-0.4, -0.2) is 16.0 Å². The third-order valence-corrected chi connectivity index (χ3v) is 4.97. The molecule has 0 saturated heterocycles. The fraction of sp³-hybridized carbons (Fsp3) is 0.250. The molecule has 0 aliphatic rings. The molecular weight excluding hydrogens is 385 g/mol. The highest BCUT2D eigenvalue weighted by atomic mass is 35.5. The fourth-order valence-electron chi connectivity index (χ4n) is 2.65. The monoisotopic (exact) mass is 403 g/mol. The first-order chi connectivity index (χ1) is 13.0. The Labute approximate surface area is 167 Å². The lowest BCUT2D eigenvalue weighted by molar-refractivity contribution is 0.0910. The van der Waals surface area contributed by atoms with Crippen molar-refractivity contribution in [2.75, 3.05) is 0 Å². The minimum absolute atomic E-state index is 0.0871. The van der Waals surface area contributed by atoms with E-state index in [9.17, 15) is 4.79 Å². The van der Waals surface area contributed by atoms with Crippen LogP contribution in [0.2, 0.25) is 10.0 Å². The average molecular weight is 404 g/mol. The maximum absolute atomic E-state index is 12.7. The molecule has 0 radical (unpaired) electrons. The first kappa shape index (κ1) is 19.4. The molecule has 3 aromatic rings. The predicted molar refractivity (Wildman–Crippen MR) is 106 cm³/mol. The molecule has 140 valence electrons. The summed E-state index contributed by atoms with van der Waals surface area (Å²) in [6.07, 6.45) is 0.822. The zero-order chi connectivity index (χ0) is 19.4. The molecular formula is C20H19Cl2N3O2. The summed E-state index contributed by atoms with van der Waals surface area (Å²) in [5, 5.41) is 7.99. The zero-order valence-electron chi connectivity index (χ0n) is 14.9. The normalized spacial score (nSPS) is 13.2. The second-order valence-corrected chi connectivity index (χ2v) is 7.13. The number of carbonyl (C=O) groups excluding carboxylic acids is 1. The number of amides is 1. The van der Waals surface area contributed by atoms with Gasteiger partial charge in [0.05, 0.1) is 10.6 Å². The van der Waals surface area contributed by atoms with Gasteiger partial charge in [0.2, 0.25) is 11.7 Å². The average Bonchev–Trinajstić information content (AvgIpc) is 3.15. The SMILES string of the molecule is CC[C@@H](C)[C@H](NC(=O)c1ccccc1Cl)c1nc(-c2cccc(Cl)c2)no1. The van der Waals surface area contributed by atoms with Gasteiger partial charge < -0.3 is 9.84 Å². The van der Waals surface area contributed by atoms with Crippen molar-refractivity contribution in [1.29, 1.82) is 0 Å². The van der Waals surface area contributed by atoms with E-state index in [4.69, 9.17) is 27.7 Å². The van der Waals surface area contributed by atoms with Crippen LogP contribution in [0.3, 0.4) is 0 Å². The van der Waals surface area contributed by atoms with Crippen LogP contribution in [0.1, 0.15) is 42.6 Å². The van der Waals surface area contributed by atoms with Crippen LogP contribution >= 0.6 is 23.2 Å². The first-order valence-electron chi connectivity index (χ1n) is 8.64. The van der Waals surface area contributed by atoms with E-state index in [-0.39, 0.29) is 11.8 Å². The molecule has 1 amide bonds. The van der Waals surface area contributed by atoms with Gasteiger partial charge in [-0.15, -0.1) is 0 Å². The Bertz CT molecular complexity index is 942. The van der Waals surface area contributed by atoms with Crippen LogP contribution in [0.5, 0.6) is 0 Å². The maximum atomic E-state index is 12.7. The second-order valence-electron chi connectivity index (χ2n) is 6.28. The van der Waals surface area contributed by atoms with Crippen molar-refractivity contribution in [2.24, 2.45) is 5.92 Å². The number of nitrogens with one attached hydrogen (secondary N) is 1. The smallest absolute Gasteiger partial charge is 0.253 e. The van der Waals surface area contributed by atoms with E-state index in [2.05, 4.69) is 15.5 Å². The van der Waals surface area contributed by atoms with Crippen molar-refractivity contribution in [2.45, 2.75) is 26.3 Å². The third-order valence-electron chi connectivity index (χ3n) is 4.41. The molecule has 7 heteroatoms. The Hall–Kier alpha value is -2.37. The van der Waals surface area contributed by atoms with E-state index in [0.29, 0.717) is 27.3 Å². The molecule has 1 aromatic heterocycles. The summed E-state index contributed by atoms with van der Waals surface area (Å²) in [7, 11) is 0. The van der Waals surface area contributed by atoms with Gasteiger partial charge in [0.15, 0.2) is 0 Å². The molecule has 0 spiro atoms. The van der Waals surface area contributed by atoms with E-state index < -0.39 is 6.04 Å². The van der Waals surface area contributed by atoms with Crippen LogP contribution in [0.15, 0.2) is 53.1 Å². The fourth-order valence-corrected chi connectivity index (χ4v) is 3.07. The summed E-state index contributed by atoms with van der Waals surface area (Å²) in [6, 6.07) is 13.7. The Morgan fingerprint density at radius 2 is 1.96 bits per heavy atom. The van der Waals surface area contributed by atoms with E-state index in [0.717, 1.165) is 12.0 Å². The molecule has 3 rings (SSSR count). The maximum Gasteiger partial charge on any atom is 0.253 e.